The predicted octanol–water partition coefficient (Wildman–Crippen LogP) is 6.78. The van der Waals surface area contributed by atoms with Crippen LogP contribution >= 0.6 is 63.7 Å². The molecule has 0 atom stereocenters. The Labute approximate surface area is 192 Å². The maximum absolute atomic E-state index is 12.4. The van der Waals surface area contributed by atoms with E-state index in [1.165, 1.54) is 0 Å². The number of hydrogen-bond donors (Lipinski definition) is 1. The van der Waals surface area contributed by atoms with Crippen molar-refractivity contribution in [3.8, 4) is 28.2 Å². The second-order valence-electron chi connectivity index (χ2n) is 5.90. The monoisotopic (exact) mass is 627 g/mol. The van der Waals surface area contributed by atoms with Crippen LogP contribution in [0, 0.1) is 0 Å². The van der Waals surface area contributed by atoms with Crippen LogP contribution in [-0.2, 0) is 4.79 Å². The molecule has 0 saturated heterocycles. The van der Waals surface area contributed by atoms with Gasteiger partial charge in [0.1, 0.15) is 14.7 Å². The molecule has 4 rings (SSSR count). The number of rotatable bonds is 2. The summed E-state index contributed by atoms with van der Waals surface area (Å²) in [7, 11) is 0. The van der Waals surface area contributed by atoms with E-state index in [1.807, 2.05) is 12.4 Å². The van der Waals surface area contributed by atoms with Gasteiger partial charge in [0, 0.05) is 22.1 Å². The SMILES string of the molecule is O=[C]c1ccccc1-c1c2cc(Br)c(=O)c(Br)c-2oc2c(Br)c(O)c(Br)cc12. The maximum Gasteiger partial charge on any atom is 0.234 e. The van der Waals surface area contributed by atoms with Gasteiger partial charge in [0.05, 0.1) is 8.95 Å². The summed E-state index contributed by atoms with van der Waals surface area (Å²) in [5.74, 6) is 0.270. The molecule has 0 bridgehead atoms. The highest BCUT2D eigenvalue weighted by atomic mass is 79.9. The van der Waals surface area contributed by atoms with Crippen molar-refractivity contribution in [2.24, 2.45) is 0 Å². The lowest BCUT2D eigenvalue weighted by Gasteiger charge is -2.19. The fraction of sp³-hybridized carbons (Fsp3) is 0. The standard InChI is InChI=1S/C20H7Br4O4/c21-12-5-10-14(9-4-2-1-3-8(9)7-25)11-6-13(22)18(27)16(24)20(11)28-19(10)15(23)17(12)26/h1-6,26H. The first kappa shape index (κ1) is 19.8. The molecule has 1 aliphatic carbocycles. The normalized spacial score (nSPS) is 11.3. The molecule has 0 unspecified atom stereocenters. The minimum absolute atomic E-state index is 0.0348. The van der Waals surface area contributed by atoms with Crippen molar-refractivity contribution in [3.63, 3.8) is 0 Å². The summed E-state index contributed by atoms with van der Waals surface area (Å²) in [5.41, 5.74) is 2.37. The third kappa shape index (κ3) is 2.98. The topological polar surface area (TPSA) is 67.5 Å². The summed E-state index contributed by atoms with van der Waals surface area (Å²) in [5, 5.41) is 11.0. The summed E-state index contributed by atoms with van der Waals surface area (Å²) in [4.78, 5) is 24.0. The number of halogens is 4. The number of fused-ring (bicyclic) bond motifs is 2. The van der Waals surface area contributed by atoms with Crippen LogP contribution in [-0.4, -0.2) is 11.4 Å². The van der Waals surface area contributed by atoms with Gasteiger partial charge in [0.15, 0.2) is 11.3 Å². The van der Waals surface area contributed by atoms with Crippen LogP contribution in [0.4, 0.5) is 0 Å². The Hall–Kier alpha value is -1.48. The zero-order valence-electron chi connectivity index (χ0n) is 13.6. The number of aromatic hydroxyl groups is 1. The average molecular weight is 631 g/mol. The Balaban J connectivity index is 2.35. The molecule has 1 aliphatic heterocycles. The van der Waals surface area contributed by atoms with E-state index in [0.29, 0.717) is 52.4 Å². The molecule has 0 fully saturated rings. The van der Waals surface area contributed by atoms with Gasteiger partial charge in [-0.15, -0.1) is 0 Å². The smallest absolute Gasteiger partial charge is 0.234 e. The molecular weight excluding hydrogens is 624 g/mol. The highest BCUT2D eigenvalue weighted by Gasteiger charge is 2.26. The molecule has 1 N–H and O–H groups in total. The zero-order chi connectivity index (χ0) is 20.2. The highest BCUT2D eigenvalue weighted by molar-refractivity contribution is 9.11. The van der Waals surface area contributed by atoms with Crippen LogP contribution in [0.25, 0.3) is 33.4 Å². The van der Waals surface area contributed by atoms with Crippen LogP contribution < -0.4 is 5.43 Å². The fourth-order valence-corrected chi connectivity index (χ4v) is 5.48. The Bertz CT molecular complexity index is 1310. The minimum Gasteiger partial charge on any atom is -0.505 e. The molecule has 0 saturated carbocycles. The summed E-state index contributed by atoms with van der Waals surface area (Å²) in [6, 6.07) is 10.4. The van der Waals surface area contributed by atoms with Gasteiger partial charge in [-0.2, -0.15) is 0 Å². The van der Waals surface area contributed by atoms with Gasteiger partial charge in [-0.3, -0.25) is 9.59 Å². The number of phenols is 1. The van der Waals surface area contributed by atoms with E-state index in [0.717, 1.165) is 0 Å². The number of phenolic OH excluding ortho intramolecular Hbond substituents is 1. The molecule has 8 heteroatoms. The Kier molecular flexibility index (Phi) is 5.24. The molecule has 0 aromatic heterocycles. The van der Waals surface area contributed by atoms with E-state index in [9.17, 15) is 14.7 Å². The fourth-order valence-electron chi connectivity index (χ4n) is 3.07. The first-order valence-electron chi connectivity index (χ1n) is 7.78. The van der Waals surface area contributed by atoms with Crippen molar-refractivity contribution >= 4 is 81.0 Å². The number of hydrogen-bond acceptors (Lipinski definition) is 4. The lowest BCUT2D eigenvalue weighted by molar-refractivity contribution is 0.467. The molecular formula is C20H7Br4O4. The van der Waals surface area contributed by atoms with E-state index >= 15 is 0 Å². The molecule has 2 aromatic carbocycles. The van der Waals surface area contributed by atoms with Gasteiger partial charge in [-0.25, -0.2) is 0 Å². The molecule has 139 valence electrons. The number of benzene rings is 3. The van der Waals surface area contributed by atoms with Crippen LogP contribution in [0.5, 0.6) is 5.75 Å². The Morgan fingerprint density at radius 1 is 0.929 bits per heavy atom. The van der Waals surface area contributed by atoms with E-state index < -0.39 is 0 Å². The Morgan fingerprint density at radius 2 is 1.64 bits per heavy atom. The van der Waals surface area contributed by atoms with Crippen molar-refractivity contribution in [1.29, 1.82) is 0 Å². The van der Waals surface area contributed by atoms with Crippen molar-refractivity contribution in [2.75, 3.05) is 0 Å². The summed E-state index contributed by atoms with van der Waals surface area (Å²) in [6.07, 6.45) is 1.97. The third-order valence-corrected chi connectivity index (χ3v) is 6.98. The van der Waals surface area contributed by atoms with Crippen LogP contribution in [0.3, 0.4) is 0 Å². The third-order valence-electron chi connectivity index (χ3n) is 4.33. The van der Waals surface area contributed by atoms with E-state index in [4.69, 9.17) is 4.42 Å². The zero-order valence-corrected chi connectivity index (χ0v) is 20.0. The highest BCUT2D eigenvalue weighted by Crippen LogP contribution is 2.48. The van der Waals surface area contributed by atoms with Crippen molar-refractivity contribution in [2.45, 2.75) is 0 Å². The quantitative estimate of drug-likeness (QED) is 0.248. The predicted molar refractivity (Wildman–Crippen MR) is 122 cm³/mol. The summed E-state index contributed by atoms with van der Waals surface area (Å²) < 4.78 is 7.39. The van der Waals surface area contributed by atoms with Crippen molar-refractivity contribution in [3.05, 3.63) is 70.1 Å². The van der Waals surface area contributed by atoms with E-state index in [1.54, 1.807) is 30.3 Å². The Morgan fingerprint density at radius 3 is 2.36 bits per heavy atom. The summed E-state index contributed by atoms with van der Waals surface area (Å²) in [6.45, 7) is 0. The van der Waals surface area contributed by atoms with Crippen molar-refractivity contribution < 1.29 is 14.3 Å². The maximum atomic E-state index is 12.4. The molecule has 2 aliphatic rings. The second-order valence-corrected chi connectivity index (χ2v) is 9.20. The van der Waals surface area contributed by atoms with Gasteiger partial charge in [0.25, 0.3) is 0 Å². The number of carbonyl (C=O) groups excluding carboxylic acids is 1. The molecule has 28 heavy (non-hydrogen) atoms. The lowest BCUT2D eigenvalue weighted by Crippen LogP contribution is -2.07. The molecule has 1 heterocycles. The van der Waals surface area contributed by atoms with E-state index in [-0.39, 0.29) is 15.7 Å². The minimum atomic E-state index is -0.269. The van der Waals surface area contributed by atoms with Gasteiger partial charge in [-0.05, 0) is 81.4 Å². The van der Waals surface area contributed by atoms with Crippen LogP contribution in [0.1, 0.15) is 5.56 Å². The van der Waals surface area contributed by atoms with Crippen molar-refractivity contribution in [1.82, 2.24) is 0 Å². The lowest BCUT2D eigenvalue weighted by atomic mass is 9.91. The molecule has 1 radical (unpaired) electrons. The van der Waals surface area contributed by atoms with Crippen LogP contribution in [0.2, 0.25) is 0 Å². The molecule has 4 nitrogen and oxygen atoms in total. The molecule has 2 aromatic rings. The average Bonchev–Trinajstić information content (AvgIpc) is 2.70. The first-order chi connectivity index (χ1) is 13.3. The van der Waals surface area contributed by atoms with Crippen LogP contribution in [0.15, 0.2) is 63.5 Å². The first-order valence-corrected chi connectivity index (χ1v) is 11.0. The van der Waals surface area contributed by atoms with Gasteiger partial charge >= 0.3 is 0 Å². The molecule has 0 amide bonds. The molecule has 0 spiro atoms. The second kappa shape index (κ2) is 7.40. The largest absolute Gasteiger partial charge is 0.505 e. The van der Waals surface area contributed by atoms with Gasteiger partial charge in [0.2, 0.25) is 11.7 Å². The van der Waals surface area contributed by atoms with Gasteiger partial charge < -0.3 is 9.52 Å². The van der Waals surface area contributed by atoms with E-state index in [2.05, 4.69) is 63.7 Å². The summed E-state index contributed by atoms with van der Waals surface area (Å²) >= 11 is 13.3. The van der Waals surface area contributed by atoms with Gasteiger partial charge in [-0.1, -0.05) is 24.3 Å².